The van der Waals surface area contributed by atoms with Crippen molar-refractivity contribution in [2.24, 2.45) is 0 Å². The Morgan fingerprint density at radius 3 is 1.52 bits per heavy atom. The lowest BCUT2D eigenvalue weighted by Crippen LogP contribution is -2.56. The van der Waals surface area contributed by atoms with Gasteiger partial charge < -0.3 is 28.4 Å². The van der Waals surface area contributed by atoms with Gasteiger partial charge >= 0.3 is 5.97 Å². The highest BCUT2D eigenvalue weighted by Crippen LogP contribution is 2.33. The van der Waals surface area contributed by atoms with Crippen LogP contribution in [0, 0.1) is 0 Å². The van der Waals surface area contributed by atoms with Gasteiger partial charge in [0.2, 0.25) is 0 Å². The first kappa shape index (κ1) is 31.2. The molecule has 1 aliphatic heterocycles. The molecule has 5 rings (SSSR count). The summed E-state index contributed by atoms with van der Waals surface area (Å²) in [4.78, 5) is 12.5. The lowest BCUT2D eigenvalue weighted by molar-refractivity contribution is -0.223. The number of benzene rings is 4. The molecule has 7 nitrogen and oxygen atoms in total. The molecule has 4 aromatic carbocycles. The van der Waals surface area contributed by atoms with Gasteiger partial charge in [0.05, 0.1) is 46.2 Å². The molecule has 0 aliphatic carbocycles. The normalized spacial score (nSPS) is 20.6. The summed E-state index contributed by atoms with van der Waals surface area (Å²) in [6, 6.07) is 39.6. The summed E-state index contributed by atoms with van der Waals surface area (Å²) in [5, 5.41) is 0. The fourth-order valence-corrected chi connectivity index (χ4v) is 5.00. The molecular formula is C37H38O7. The molecule has 1 heterocycles. The van der Waals surface area contributed by atoms with Gasteiger partial charge in [-0.15, -0.1) is 0 Å². The Hall–Kier alpha value is -4.27. The Labute approximate surface area is 258 Å². The topological polar surface area (TPSA) is 72.5 Å². The highest BCUT2D eigenvalue weighted by Gasteiger charge is 2.47. The average molecular weight is 595 g/mol. The molecule has 1 fully saturated rings. The minimum Gasteiger partial charge on any atom is -0.486 e. The molecule has 0 radical (unpaired) electrons. The van der Waals surface area contributed by atoms with E-state index in [4.69, 9.17) is 28.4 Å². The maximum atomic E-state index is 12.5. The Balaban J connectivity index is 1.46. The lowest BCUT2D eigenvalue weighted by Gasteiger charge is -2.43. The molecule has 4 aromatic rings. The van der Waals surface area contributed by atoms with Crippen LogP contribution in [-0.4, -0.2) is 44.1 Å². The molecule has 4 atom stereocenters. The van der Waals surface area contributed by atoms with Crippen molar-refractivity contribution >= 4 is 5.97 Å². The van der Waals surface area contributed by atoms with Crippen LogP contribution in [0.4, 0.5) is 0 Å². The first-order chi connectivity index (χ1) is 21.7. The van der Waals surface area contributed by atoms with Gasteiger partial charge in [0.1, 0.15) is 24.1 Å². The second kappa shape index (κ2) is 16.5. The molecule has 1 aliphatic rings. The zero-order chi connectivity index (χ0) is 30.4. The van der Waals surface area contributed by atoms with E-state index in [1.807, 2.05) is 121 Å². The Bertz CT molecular complexity index is 1430. The summed E-state index contributed by atoms with van der Waals surface area (Å²) in [5.74, 6) is -0.249. The summed E-state index contributed by atoms with van der Waals surface area (Å²) < 4.78 is 37.3. The molecule has 0 bridgehead atoms. The number of carbonyl (C=O) groups is 1. The molecule has 0 N–H and O–H groups in total. The van der Waals surface area contributed by atoms with Crippen molar-refractivity contribution in [1.82, 2.24) is 0 Å². The maximum absolute atomic E-state index is 12.5. The first-order valence-corrected chi connectivity index (χ1v) is 14.7. The largest absolute Gasteiger partial charge is 0.486 e. The van der Waals surface area contributed by atoms with Crippen molar-refractivity contribution < 1.29 is 33.2 Å². The zero-order valence-corrected chi connectivity index (χ0v) is 24.8. The second-order valence-corrected chi connectivity index (χ2v) is 10.5. The molecule has 0 amide bonds. The number of esters is 1. The highest BCUT2D eigenvalue weighted by atomic mass is 16.6. The quantitative estimate of drug-likeness (QED) is 0.123. The summed E-state index contributed by atoms with van der Waals surface area (Å²) >= 11 is 0. The third-order valence-electron chi connectivity index (χ3n) is 7.25. The third-order valence-corrected chi connectivity index (χ3v) is 7.25. The predicted molar refractivity (Wildman–Crippen MR) is 166 cm³/mol. The van der Waals surface area contributed by atoms with E-state index in [1.165, 1.54) is 13.2 Å². The summed E-state index contributed by atoms with van der Waals surface area (Å²) in [5.41, 5.74) is 4.02. The summed E-state index contributed by atoms with van der Waals surface area (Å²) in [6.07, 6.45) is -1.27. The number of carbonyl (C=O) groups excluding carboxylic acids is 1. The van der Waals surface area contributed by atoms with E-state index in [0.717, 1.165) is 22.3 Å². The van der Waals surface area contributed by atoms with Gasteiger partial charge in [-0.1, -0.05) is 121 Å². The van der Waals surface area contributed by atoms with E-state index in [1.54, 1.807) is 0 Å². The van der Waals surface area contributed by atoms with Crippen molar-refractivity contribution in [1.29, 1.82) is 0 Å². The van der Waals surface area contributed by atoms with Crippen molar-refractivity contribution in [2.45, 2.75) is 50.8 Å². The fourth-order valence-electron chi connectivity index (χ4n) is 5.00. The van der Waals surface area contributed by atoms with E-state index < -0.39 is 30.4 Å². The van der Waals surface area contributed by atoms with E-state index in [9.17, 15) is 4.79 Å². The summed E-state index contributed by atoms with van der Waals surface area (Å²) in [7, 11) is 1.33. The standard InChI is InChI=1S/C37H38O7/c1-39-34(38)22-32-35(41-24-29-16-8-3-9-17-29)37(43-26-31-20-12-5-13-21-31)36(42-25-30-18-10-4-11-19-30)33(44-32)27-40-23-28-14-6-2-7-15-28/h2-22,33,35-37H,23-27H2,1H3/b32-22+/t33-,35+,36-,37-/m1/s1. The highest BCUT2D eigenvalue weighted by molar-refractivity contribution is 5.82. The average Bonchev–Trinajstić information content (AvgIpc) is 3.08. The van der Waals surface area contributed by atoms with Crippen LogP contribution in [0.15, 0.2) is 133 Å². The van der Waals surface area contributed by atoms with Gasteiger partial charge in [0, 0.05) is 0 Å². The van der Waals surface area contributed by atoms with Gasteiger partial charge in [-0.3, -0.25) is 0 Å². The lowest BCUT2D eigenvalue weighted by atomic mass is 9.96. The van der Waals surface area contributed by atoms with Gasteiger partial charge in [0.15, 0.2) is 6.10 Å². The number of rotatable bonds is 14. The molecule has 1 saturated heterocycles. The molecular weight excluding hydrogens is 556 g/mol. The van der Waals surface area contributed by atoms with Gasteiger partial charge in [-0.2, -0.15) is 0 Å². The van der Waals surface area contributed by atoms with Crippen LogP contribution in [0.5, 0.6) is 0 Å². The van der Waals surface area contributed by atoms with E-state index in [-0.39, 0.29) is 13.2 Å². The number of methoxy groups -OCH3 is 1. The van der Waals surface area contributed by atoms with Crippen molar-refractivity contribution in [3.8, 4) is 0 Å². The minimum absolute atomic E-state index is 0.198. The van der Waals surface area contributed by atoms with Crippen molar-refractivity contribution in [2.75, 3.05) is 13.7 Å². The molecule has 228 valence electrons. The van der Waals surface area contributed by atoms with Crippen molar-refractivity contribution in [3.05, 3.63) is 155 Å². The molecule has 0 aromatic heterocycles. The van der Waals surface area contributed by atoms with E-state index >= 15 is 0 Å². The SMILES string of the molecule is COC(=O)/C=C1/O[C@H](COCc2ccccc2)[C@@H](OCc2ccccc2)[C@H](OCc2ccccc2)[C@H]1OCc1ccccc1. The summed E-state index contributed by atoms with van der Waals surface area (Å²) in [6.45, 7) is 1.51. The first-order valence-electron chi connectivity index (χ1n) is 14.7. The van der Waals surface area contributed by atoms with Crippen LogP contribution >= 0.6 is 0 Å². The fraction of sp³-hybridized carbons (Fsp3) is 0.270. The Morgan fingerprint density at radius 2 is 1.05 bits per heavy atom. The van der Waals surface area contributed by atoms with Crippen LogP contribution in [0.2, 0.25) is 0 Å². The van der Waals surface area contributed by atoms with Crippen LogP contribution in [0.1, 0.15) is 22.3 Å². The van der Waals surface area contributed by atoms with Crippen LogP contribution in [0.3, 0.4) is 0 Å². The smallest absolute Gasteiger partial charge is 0.333 e. The minimum atomic E-state index is -0.760. The third kappa shape index (κ3) is 9.11. The number of hydrogen-bond acceptors (Lipinski definition) is 7. The maximum Gasteiger partial charge on any atom is 0.333 e. The second-order valence-electron chi connectivity index (χ2n) is 10.5. The van der Waals surface area contributed by atoms with E-state index in [0.29, 0.717) is 25.6 Å². The Kier molecular flexibility index (Phi) is 11.7. The van der Waals surface area contributed by atoms with Gasteiger partial charge in [-0.25, -0.2) is 4.79 Å². The van der Waals surface area contributed by atoms with Gasteiger partial charge in [-0.05, 0) is 22.3 Å². The zero-order valence-electron chi connectivity index (χ0n) is 24.8. The van der Waals surface area contributed by atoms with Crippen molar-refractivity contribution in [3.63, 3.8) is 0 Å². The molecule has 44 heavy (non-hydrogen) atoms. The van der Waals surface area contributed by atoms with Gasteiger partial charge in [0.25, 0.3) is 0 Å². The Morgan fingerprint density at radius 1 is 0.614 bits per heavy atom. The van der Waals surface area contributed by atoms with Crippen LogP contribution in [0.25, 0.3) is 0 Å². The van der Waals surface area contributed by atoms with Crippen LogP contribution in [-0.2, 0) is 59.6 Å². The van der Waals surface area contributed by atoms with Crippen LogP contribution < -0.4 is 0 Å². The number of hydrogen-bond donors (Lipinski definition) is 0. The molecule has 0 saturated carbocycles. The molecule has 0 spiro atoms. The number of ether oxygens (including phenoxy) is 6. The molecule has 0 unspecified atom stereocenters. The predicted octanol–water partition coefficient (Wildman–Crippen LogP) is 6.42. The van der Waals surface area contributed by atoms with E-state index in [2.05, 4.69) is 0 Å². The molecule has 7 heteroatoms. The monoisotopic (exact) mass is 594 g/mol.